The maximum Gasteiger partial charge on any atom is 0.208 e. The van der Waals surface area contributed by atoms with Crippen molar-refractivity contribution in [3.05, 3.63) is 41.5 Å². The van der Waals surface area contributed by atoms with E-state index in [1.54, 1.807) is 18.2 Å². The lowest BCUT2D eigenvalue weighted by molar-refractivity contribution is -0.108. The van der Waals surface area contributed by atoms with Crippen LogP contribution in [0.15, 0.2) is 35.5 Å². The van der Waals surface area contributed by atoms with Crippen molar-refractivity contribution in [2.24, 2.45) is 5.16 Å². The number of oxime groups is 1. The average Bonchev–Trinajstić information content (AvgIpc) is 2.18. The molecule has 2 rings (SSSR count). The van der Waals surface area contributed by atoms with Crippen LogP contribution in [-0.2, 0) is 4.79 Å². The van der Waals surface area contributed by atoms with E-state index in [9.17, 15) is 4.79 Å². The van der Waals surface area contributed by atoms with E-state index in [-0.39, 0.29) is 11.5 Å². The van der Waals surface area contributed by atoms with E-state index >= 15 is 0 Å². The summed E-state index contributed by atoms with van der Waals surface area (Å²) in [5.74, 6) is -0.263. The third-order valence-electron chi connectivity index (χ3n) is 1.96. The highest BCUT2D eigenvalue weighted by Gasteiger charge is 2.18. The Morgan fingerprint density at radius 2 is 1.92 bits per heavy atom. The first kappa shape index (κ1) is 7.73. The third-order valence-corrected chi connectivity index (χ3v) is 1.96. The van der Waals surface area contributed by atoms with Crippen molar-refractivity contribution in [2.45, 2.75) is 0 Å². The second-order valence-corrected chi connectivity index (χ2v) is 2.73. The Kier molecular flexibility index (Phi) is 1.70. The highest BCUT2D eigenvalue weighted by atomic mass is 16.4. The Bertz CT molecular complexity index is 419. The molecular formula is C10H7NO2. The molecule has 0 spiro atoms. The van der Waals surface area contributed by atoms with Gasteiger partial charge in [-0.2, -0.15) is 0 Å². The summed E-state index contributed by atoms with van der Waals surface area (Å²) < 4.78 is 0. The minimum atomic E-state index is -0.263. The van der Waals surface area contributed by atoms with Crippen LogP contribution in [0.5, 0.6) is 0 Å². The van der Waals surface area contributed by atoms with E-state index in [0.29, 0.717) is 5.56 Å². The highest BCUT2D eigenvalue weighted by molar-refractivity contribution is 6.52. The molecule has 0 saturated heterocycles. The van der Waals surface area contributed by atoms with E-state index in [2.05, 4.69) is 5.16 Å². The summed E-state index contributed by atoms with van der Waals surface area (Å²) in [7, 11) is 0. The monoisotopic (exact) mass is 173 g/mol. The summed E-state index contributed by atoms with van der Waals surface area (Å²) in [5.41, 5.74) is 1.69. The second-order valence-electron chi connectivity index (χ2n) is 2.73. The molecule has 64 valence electrons. The molecule has 0 amide bonds. The fourth-order valence-corrected chi connectivity index (χ4v) is 1.34. The predicted octanol–water partition coefficient (Wildman–Crippen LogP) is 1.46. The summed E-state index contributed by atoms with van der Waals surface area (Å²) in [4.78, 5) is 11.2. The molecule has 13 heavy (non-hydrogen) atoms. The Hall–Kier alpha value is -1.90. The van der Waals surface area contributed by atoms with Crippen molar-refractivity contribution < 1.29 is 10.0 Å². The van der Waals surface area contributed by atoms with Crippen LogP contribution in [0.25, 0.3) is 6.08 Å². The lowest BCUT2D eigenvalue weighted by Gasteiger charge is -2.09. The molecule has 0 aliphatic heterocycles. The number of hydrogen-bond donors (Lipinski definition) is 1. The van der Waals surface area contributed by atoms with Crippen LogP contribution in [0.4, 0.5) is 0 Å². The van der Waals surface area contributed by atoms with Crippen LogP contribution in [0.3, 0.4) is 0 Å². The number of benzene rings is 1. The van der Waals surface area contributed by atoms with E-state index in [1.165, 1.54) is 6.08 Å². The zero-order valence-corrected chi connectivity index (χ0v) is 6.77. The van der Waals surface area contributed by atoms with Gasteiger partial charge >= 0.3 is 0 Å². The van der Waals surface area contributed by atoms with Crippen molar-refractivity contribution in [2.75, 3.05) is 0 Å². The van der Waals surface area contributed by atoms with Gasteiger partial charge in [0.15, 0.2) is 5.71 Å². The van der Waals surface area contributed by atoms with Crippen molar-refractivity contribution in [1.29, 1.82) is 0 Å². The number of allylic oxidation sites excluding steroid dienone is 1. The molecule has 0 unspecified atom stereocenters. The second kappa shape index (κ2) is 2.86. The van der Waals surface area contributed by atoms with Crippen molar-refractivity contribution >= 4 is 17.6 Å². The molecule has 0 bridgehead atoms. The maximum atomic E-state index is 11.2. The molecule has 0 fully saturated rings. The van der Waals surface area contributed by atoms with Gasteiger partial charge in [-0.25, -0.2) is 0 Å². The lowest BCUT2D eigenvalue weighted by atomic mass is 9.95. The van der Waals surface area contributed by atoms with Crippen LogP contribution < -0.4 is 0 Å². The van der Waals surface area contributed by atoms with Gasteiger partial charge in [0.1, 0.15) is 0 Å². The van der Waals surface area contributed by atoms with E-state index in [1.807, 2.05) is 12.1 Å². The first-order chi connectivity index (χ1) is 6.33. The van der Waals surface area contributed by atoms with E-state index < -0.39 is 0 Å². The molecule has 0 aromatic heterocycles. The molecule has 1 N–H and O–H groups in total. The normalized spacial score (nSPS) is 17.5. The SMILES string of the molecule is O=C1C=Cc2ccccc2C1=NO. The molecule has 0 heterocycles. The fourth-order valence-electron chi connectivity index (χ4n) is 1.34. The quantitative estimate of drug-likeness (QED) is 0.477. The van der Waals surface area contributed by atoms with Crippen LogP contribution in [0, 0.1) is 0 Å². The van der Waals surface area contributed by atoms with E-state index in [4.69, 9.17) is 5.21 Å². The number of nitrogens with zero attached hydrogens (tertiary/aromatic N) is 1. The van der Waals surface area contributed by atoms with Gasteiger partial charge in [-0.1, -0.05) is 35.5 Å². The molecular weight excluding hydrogens is 166 g/mol. The Morgan fingerprint density at radius 1 is 1.15 bits per heavy atom. The number of carbonyl (C=O) groups excluding carboxylic acids is 1. The fraction of sp³-hybridized carbons (Fsp3) is 0. The standard InChI is InChI=1S/C10H7NO2/c12-9-6-5-7-3-1-2-4-8(7)10(9)11-13/h1-6,13H. The molecule has 0 radical (unpaired) electrons. The minimum Gasteiger partial charge on any atom is -0.410 e. The summed E-state index contributed by atoms with van der Waals surface area (Å²) in [6.45, 7) is 0. The van der Waals surface area contributed by atoms with Gasteiger partial charge in [-0.05, 0) is 11.6 Å². The van der Waals surface area contributed by atoms with E-state index in [0.717, 1.165) is 5.56 Å². The number of carbonyl (C=O) groups is 1. The molecule has 1 aromatic rings. The number of rotatable bonds is 0. The topological polar surface area (TPSA) is 49.7 Å². The summed E-state index contributed by atoms with van der Waals surface area (Å²) in [6, 6.07) is 7.29. The Morgan fingerprint density at radius 3 is 2.69 bits per heavy atom. The third kappa shape index (κ3) is 1.14. The van der Waals surface area contributed by atoms with Crippen molar-refractivity contribution in [1.82, 2.24) is 0 Å². The van der Waals surface area contributed by atoms with Gasteiger partial charge in [0, 0.05) is 5.56 Å². The molecule has 0 atom stereocenters. The lowest BCUT2D eigenvalue weighted by Crippen LogP contribution is -2.17. The molecule has 1 aliphatic rings. The number of hydrogen-bond acceptors (Lipinski definition) is 3. The van der Waals surface area contributed by atoms with Gasteiger partial charge in [0.2, 0.25) is 5.78 Å². The van der Waals surface area contributed by atoms with Crippen LogP contribution >= 0.6 is 0 Å². The van der Waals surface area contributed by atoms with Gasteiger partial charge < -0.3 is 5.21 Å². The predicted molar refractivity (Wildman–Crippen MR) is 48.8 cm³/mol. The first-order valence-electron chi connectivity index (χ1n) is 3.87. The smallest absolute Gasteiger partial charge is 0.208 e. The summed E-state index contributed by atoms with van der Waals surface area (Å²) in [5, 5.41) is 11.6. The zero-order valence-electron chi connectivity index (χ0n) is 6.77. The molecule has 3 nitrogen and oxygen atoms in total. The van der Waals surface area contributed by atoms with Gasteiger partial charge in [-0.15, -0.1) is 0 Å². The number of fused-ring (bicyclic) bond motifs is 1. The summed E-state index contributed by atoms with van der Waals surface area (Å²) >= 11 is 0. The molecule has 3 heteroatoms. The van der Waals surface area contributed by atoms with Crippen LogP contribution in [0.2, 0.25) is 0 Å². The first-order valence-corrected chi connectivity index (χ1v) is 3.87. The zero-order chi connectivity index (χ0) is 9.26. The molecule has 1 aromatic carbocycles. The van der Waals surface area contributed by atoms with Gasteiger partial charge in [0.05, 0.1) is 0 Å². The highest BCUT2D eigenvalue weighted by Crippen LogP contribution is 2.17. The van der Waals surface area contributed by atoms with Gasteiger partial charge in [-0.3, -0.25) is 4.79 Å². The molecule has 0 saturated carbocycles. The van der Waals surface area contributed by atoms with Crippen LogP contribution in [-0.4, -0.2) is 16.7 Å². The molecule has 1 aliphatic carbocycles. The maximum absolute atomic E-state index is 11.2. The average molecular weight is 173 g/mol. The minimum absolute atomic E-state index is 0.109. The summed E-state index contributed by atoms with van der Waals surface area (Å²) in [6.07, 6.45) is 3.11. The Labute approximate surface area is 75.0 Å². The van der Waals surface area contributed by atoms with Crippen molar-refractivity contribution in [3.8, 4) is 0 Å². The van der Waals surface area contributed by atoms with Gasteiger partial charge in [0.25, 0.3) is 0 Å². The van der Waals surface area contributed by atoms with Crippen molar-refractivity contribution in [3.63, 3.8) is 0 Å². The largest absolute Gasteiger partial charge is 0.410 e. The Balaban J connectivity index is 2.67. The van der Waals surface area contributed by atoms with Crippen LogP contribution in [0.1, 0.15) is 11.1 Å². The number of ketones is 1.